The number of hydrogen-bond donors (Lipinski definition) is 2. The van der Waals surface area contributed by atoms with Crippen molar-refractivity contribution >= 4 is 41.0 Å². The summed E-state index contributed by atoms with van der Waals surface area (Å²) in [5, 5.41) is 6.65. The topological polar surface area (TPSA) is 106 Å². The molecular formula is C33H33Cl2N5O4. The number of carbonyl (C=O) groups is 2. The van der Waals surface area contributed by atoms with Gasteiger partial charge in [-0.05, 0) is 79.4 Å². The molecule has 3 aromatic carbocycles. The standard InChI is InChI=1S/C33H33Cl2N5O4/c1-19(22-6-5-7-25(15-22)44-4)17-37-33-38-29-18-39(31(42)23-10-13-27(34)28(35)16-23)20(2)14-26(29)32(43)40(33)24-11-8-21(9-12-24)30(41)36-3/h5-13,15-16,19-20H,14,17-18H2,1-4H3,(H,36,41)(H,37,38)/t19-,20+/m0/s1. The Hall–Kier alpha value is -4.34. The first-order valence-corrected chi connectivity index (χ1v) is 15.0. The third-order valence-corrected chi connectivity index (χ3v) is 8.62. The van der Waals surface area contributed by atoms with Gasteiger partial charge in [0.2, 0.25) is 5.95 Å². The molecule has 9 nitrogen and oxygen atoms in total. The van der Waals surface area contributed by atoms with Gasteiger partial charge in [-0.15, -0.1) is 0 Å². The van der Waals surface area contributed by atoms with Crippen LogP contribution in [0.25, 0.3) is 5.69 Å². The fourth-order valence-electron chi connectivity index (χ4n) is 5.30. The zero-order chi connectivity index (χ0) is 31.5. The molecule has 5 rings (SSSR count). The molecule has 0 saturated heterocycles. The normalized spacial score (nSPS) is 14.9. The molecule has 0 aliphatic carbocycles. The van der Waals surface area contributed by atoms with Crippen molar-refractivity contribution in [2.45, 2.75) is 38.8 Å². The molecule has 44 heavy (non-hydrogen) atoms. The number of carbonyl (C=O) groups excluding carboxylic acids is 2. The number of methoxy groups -OCH3 is 1. The Morgan fingerprint density at radius 1 is 1.05 bits per heavy atom. The maximum atomic E-state index is 14.1. The van der Waals surface area contributed by atoms with Gasteiger partial charge >= 0.3 is 0 Å². The molecule has 11 heteroatoms. The second-order valence-corrected chi connectivity index (χ2v) is 11.6. The lowest BCUT2D eigenvalue weighted by Crippen LogP contribution is -2.46. The highest BCUT2D eigenvalue weighted by molar-refractivity contribution is 6.42. The second kappa shape index (κ2) is 13.1. The van der Waals surface area contributed by atoms with Gasteiger partial charge in [-0.1, -0.05) is 42.3 Å². The first kappa shape index (κ1) is 31.1. The van der Waals surface area contributed by atoms with Gasteiger partial charge in [0.1, 0.15) is 5.75 Å². The molecule has 2 atom stereocenters. The number of fused-ring (bicyclic) bond motifs is 1. The highest BCUT2D eigenvalue weighted by Gasteiger charge is 2.32. The number of anilines is 1. The molecule has 1 aliphatic heterocycles. The van der Waals surface area contributed by atoms with Crippen LogP contribution < -0.4 is 20.9 Å². The van der Waals surface area contributed by atoms with E-state index in [1.807, 2.05) is 31.2 Å². The van der Waals surface area contributed by atoms with Gasteiger partial charge in [-0.25, -0.2) is 9.55 Å². The highest BCUT2D eigenvalue weighted by Crippen LogP contribution is 2.28. The van der Waals surface area contributed by atoms with Crippen molar-refractivity contribution in [1.82, 2.24) is 19.8 Å². The van der Waals surface area contributed by atoms with Crippen LogP contribution in [0.2, 0.25) is 10.0 Å². The van der Waals surface area contributed by atoms with Gasteiger partial charge in [0.05, 0.1) is 35.1 Å². The first-order chi connectivity index (χ1) is 21.1. The van der Waals surface area contributed by atoms with E-state index in [0.29, 0.717) is 57.0 Å². The molecule has 0 unspecified atom stereocenters. The summed E-state index contributed by atoms with van der Waals surface area (Å²) in [4.78, 5) is 46.4. The van der Waals surface area contributed by atoms with Crippen LogP contribution in [0.4, 0.5) is 5.95 Å². The summed E-state index contributed by atoms with van der Waals surface area (Å²) in [6.45, 7) is 4.60. The van der Waals surface area contributed by atoms with Crippen molar-refractivity contribution < 1.29 is 14.3 Å². The quantitative estimate of drug-likeness (QED) is 0.257. The largest absolute Gasteiger partial charge is 0.497 e. The minimum absolute atomic E-state index is 0.0508. The lowest BCUT2D eigenvalue weighted by molar-refractivity contribution is 0.0653. The van der Waals surface area contributed by atoms with Crippen LogP contribution in [0.1, 0.15) is 57.3 Å². The van der Waals surface area contributed by atoms with Gasteiger partial charge in [0.25, 0.3) is 17.4 Å². The van der Waals surface area contributed by atoms with Crippen molar-refractivity contribution in [1.29, 1.82) is 0 Å². The van der Waals surface area contributed by atoms with Crippen molar-refractivity contribution in [2.24, 2.45) is 0 Å². The average molecular weight is 635 g/mol. The molecule has 2 amide bonds. The van der Waals surface area contributed by atoms with Crippen molar-refractivity contribution in [2.75, 3.05) is 26.0 Å². The van der Waals surface area contributed by atoms with Crippen molar-refractivity contribution in [3.8, 4) is 11.4 Å². The Balaban J connectivity index is 1.53. The predicted octanol–water partition coefficient (Wildman–Crippen LogP) is 5.71. The number of rotatable bonds is 8. The molecular weight excluding hydrogens is 601 g/mol. The fraction of sp³-hybridized carbons (Fsp3) is 0.273. The minimum Gasteiger partial charge on any atom is -0.497 e. The summed E-state index contributed by atoms with van der Waals surface area (Å²) in [5.74, 6) is 0.704. The van der Waals surface area contributed by atoms with Crippen LogP contribution in [0.15, 0.2) is 71.5 Å². The SMILES string of the molecule is CNC(=O)c1ccc(-n2c(NC[C@H](C)c3cccc(OC)c3)nc3c(c2=O)C[C@@H](C)N(C(=O)c2ccc(Cl)c(Cl)c2)C3)cc1. The Kier molecular flexibility index (Phi) is 9.27. The predicted molar refractivity (Wildman–Crippen MR) is 173 cm³/mol. The summed E-state index contributed by atoms with van der Waals surface area (Å²) >= 11 is 12.3. The van der Waals surface area contributed by atoms with E-state index in [9.17, 15) is 14.4 Å². The number of benzene rings is 3. The smallest absolute Gasteiger partial charge is 0.263 e. The van der Waals surface area contributed by atoms with Gasteiger partial charge in [0, 0.05) is 36.3 Å². The minimum atomic E-state index is -0.269. The van der Waals surface area contributed by atoms with Gasteiger partial charge in [-0.2, -0.15) is 0 Å². The van der Waals surface area contributed by atoms with Crippen molar-refractivity contribution in [3.05, 3.63) is 115 Å². The Morgan fingerprint density at radius 2 is 1.77 bits per heavy atom. The van der Waals surface area contributed by atoms with Crippen LogP contribution in [0.3, 0.4) is 0 Å². The zero-order valence-electron chi connectivity index (χ0n) is 24.9. The molecule has 4 aromatic rings. The number of ether oxygens (including phenoxy) is 1. The van der Waals surface area contributed by atoms with E-state index < -0.39 is 0 Å². The van der Waals surface area contributed by atoms with E-state index in [1.165, 1.54) is 4.57 Å². The summed E-state index contributed by atoms with van der Waals surface area (Å²) in [6, 6.07) is 19.1. The average Bonchev–Trinajstić information content (AvgIpc) is 3.04. The molecule has 228 valence electrons. The van der Waals surface area contributed by atoms with Crippen LogP contribution in [0.5, 0.6) is 5.75 Å². The zero-order valence-corrected chi connectivity index (χ0v) is 26.4. The van der Waals surface area contributed by atoms with E-state index in [2.05, 4.69) is 17.6 Å². The monoisotopic (exact) mass is 633 g/mol. The van der Waals surface area contributed by atoms with E-state index in [-0.39, 0.29) is 35.9 Å². The van der Waals surface area contributed by atoms with E-state index in [4.69, 9.17) is 32.9 Å². The van der Waals surface area contributed by atoms with Gasteiger partial charge in [0.15, 0.2) is 0 Å². The molecule has 0 radical (unpaired) electrons. The summed E-state index contributed by atoms with van der Waals surface area (Å²) in [6.07, 6.45) is 0.324. The molecule has 2 N–H and O–H groups in total. The number of aromatic nitrogens is 2. The van der Waals surface area contributed by atoms with E-state index in [1.54, 1.807) is 61.5 Å². The van der Waals surface area contributed by atoms with Crippen LogP contribution in [-0.2, 0) is 13.0 Å². The Morgan fingerprint density at radius 3 is 2.45 bits per heavy atom. The van der Waals surface area contributed by atoms with Crippen LogP contribution in [0, 0.1) is 0 Å². The van der Waals surface area contributed by atoms with E-state index >= 15 is 0 Å². The molecule has 0 spiro atoms. The molecule has 1 aliphatic rings. The number of nitrogens with zero attached hydrogens (tertiary/aromatic N) is 3. The van der Waals surface area contributed by atoms with E-state index in [0.717, 1.165) is 11.3 Å². The molecule has 0 saturated carbocycles. The molecule has 2 heterocycles. The number of nitrogens with one attached hydrogen (secondary N) is 2. The molecule has 0 bridgehead atoms. The second-order valence-electron chi connectivity index (χ2n) is 10.8. The van der Waals surface area contributed by atoms with Crippen LogP contribution in [-0.4, -0.2) is 53.0 Å². The molecule has 1 aromatic heterocycles. The third kappa shape index (κ3) is 6.30. The lowest BCUT2D eigenvalue weighted by atomic mass is 9.98. The van der Waals surface area contributed by atoms with Crippen LogP contribution >= 0.6 is 23.2 Å². The maximum absolute atomic E-state index is 14.1. The summed E-state index contributed by atoms with van der Waals surface area (Å²) in [7, 11) is 3.19. The third-order valence-electron chi connectivity index (χ3n) is 7.89. The number of hydrogen-bond acceptors (Lipinski definition) is 6. The Bertz CT molecular complexity index is 1770. The molecule has 0 fully saturated rings. The summed E-state index contributed by atoms with van der Waals surface area (Å²) < 4.78 is 6.92. The summed E-state index contributed by atoms with van der Waals surface area (Å²) in [5.41, 5.74) is 3.34. The number of amides is 2. The highest BCUT2D eigenvalue weighted by atomic mass is 35.5. The number of halogens is 2. The lowest BCUT2D eigenvalue weighted by Gasteiger charge is -2.34. The van der Waals surface area contributed by atoms with Gasteiger partial charge in [-0.3, -0.25) is 14.4 Å². The van der Waals surface area contributed by atoms with Gasteiger partial charge < -0.3 is 20.3 Å². The fourth-order valence-corrected chi connectivity index (χ4v) is 5.60. The Labute approximate surface area is 265 Å². The first-order valence-electron chi connectivity index (χ1n) is 14.2. The maximum Gasteiger partial charge on any atom is 0.263 e. The van der Waals surface area contributed by atoms with Crippen molar-refractivity contribution in [3.63, 3.8) is 0 Å².